The van der Waals surface area contributed by atoms with E-state index < -0.39 is 23.7 Å². The molecule has 0 saturated carbocycles. The lowest BCUT2D eigenvalue weighted by Gasteiger charge is -2.26. The second kappa shape index (κ2) is 5.42. The van der Waals surface area contributed by atoms with E-state index in [4.69, 9.17) is 9.84 Å². The van der Waals surface area contributed by atoms with Gasteiger partial charge in [0.05, 0.1) is 0 Å². The molecular weight excluding hydrogens is 234 g/mol. The molecule has 1 unspecified atom stereocenters. The molecule has 0 bridgehead atoms. The molecule has 1 fully saturated rings. The monoisotopic (exact) mass is 255 g/mol. The number of nitrogens with zero attached hydrogens (tertiary/aromatic N) is 1. The Kier molecular flexibility index (Phi) is 4.38. The summed E-state index contributed by atoms with van der Waals surface area (Å²) in [5, 5.41) is 9.14. The van der Waals surface area contributed by atoms with E-state index >= 15 is 0 Å². The number of hydrogen-bond donors (Lipinski definition) is 1. The standard InChI is InChI=1S/C13H21NO4/c1-5-6-9-7-10(11(15)16)14(8-9)12(17)18-13(2,3)4/h5,9-10H,1,6-8H2,2-4H3,(H,15,16)/t9?,10-/m0/s1. The van der Waals surface area contributed by atoms with Crippen LogP contribution in [0.3, 0.4) is 0 Å². The number of allylic oxidation sites excluding steroid dienone is 1. The lowest BCUT2D eigenvalue weighted by atomic mass is 10.0. The van der Waals surface area contributed by atoms with Crippen molar-refractivity contribution in [2.45, 2.75) is 45.3 Å². The van der Waals surface area contributed by atoms with Crippen molar-refractivity contribution in [3.63, 3.8) is 0 Å². The van der Waals surface area contributed by atoms with Gasteiger partial charge >= 0.3 is 12.1 Å². The van der Waals surface area contributed by atoms with Crippen LogP contribution in [0.2, 0.25) is 0 Å². The summed E-state index contributed by atoms with van der Waals surface area (Å²) in [7, 11) is 0. The van der Waals surface area contributed by atoms with Gasteiger partial charge in [-0.1, -0.05) is 6.08 Å². The summed E-state index contributed by atoms with van der Waals surface area (Å²) in [6.45, 7) is 9.34. The Morgan fingerprint density at radius 1 is 1.50 bits per heavy atom. The molecule has 18 heavy (non-hydrogen) atoms. The lowest BCUT2D eigenvalue weighted by molar-refractivity contribution is -0.142. The first kappa shape index (κ1) is 14.5. The fraction of sp³-hybridized carbons (Fsp3) is 0.692. The minimum atomic E-state index is -0.979. The zero-order valence-corrected chi connectivity index (χ0v) is 11.2. The molecule has 0 aliphatic carbocycles. The van der Waals surface area contributed by atoms with Crippen molar-refractivity contribution in [2.24, 2.45) is 5.92 Å². The molecule has 1 N–H and O–H groups in total. The second-order valence-corrected chi connectivity index (χ2v) is 5.61. The van der Waals surface area contributed by atoms with Gasteiger partial charge in [-0.15, -0.1) is 6.58 Å². The van der Waals surface area contributed by atoms with E-state index in [1.54, 1.807) is 26.8 Å². The summed E-state index contributed by atoms with van der Waals surface area (Å²) in [6, 6.07) is -0.787. The molecular formula is C13H21NO4. The van der Waals surface area contributed by atoms with Gasteiger partial charge in [0.15, 0.2) is 0 Å². The van der Waals surface area contributed by atoms with E-state index in [2.05, 4.69) is 6.58 Å². The topological polar surface area (TPSA) is 66.8 Å². The number of rotatable bonds is 3. The molecule has 5 heteroatoms. The quantitative estimate of drug-likeness (QED) is 0.786. The van der Waals surface area contributed by atoms with Crippen LogP contribution in [0.25, 0.3) is 0 Å². The number of carbonyl (C=O) groups excluding carboxylic acids is 1. The fourth-order valence-electron chi connectivity index (χ4n) is 2.09. The number of amides is 1. The Bertz CT molecular complexity index is 345. The lowest BCUT2D eigenvalue weighted by Crippen LogP contribution is -2.43. The molecule has 1 heterocycles. The average molecular weight is 255 g/mol. The molecule has 1 rings (SSSR count). The first-order valence-electron chi connectivity index (χ1n) is 6.08. The third kappa shape index (κ3) is 3.75. The van der Waals surface area contributed by atoms with Crippen LogP contribution >= 0.6 is 0 Å². The van der Waals surface area contributed by atoms with Gasteiger partial charge in [0.2, 0.25) is 0 Å². The van der Waals surface area contributed by atoms with Crippen LogP contribution in [0.1, 0.15) is 33.6 Å². The maximum absolute atomic E-state index is 11.9. The first-order valence-corrected chi connectivity index (χ1v) is 6.08. The van der Waals surface area contributed by atoms with Gasteiger partial charge in [-0.05, 0) is 39.5 Å². The summed E-state index contributed by atoms with van der Waals surface area (Å²) >= 11 is 0. The Morgan fingerprint density at radius 2 is 2.11 bits per heavy atom. The van der Waals surface area contributed by atoms with Crippen LogP contribution in [0.15, 0.2) is 12.7 Å². The van der Waals surface area contributed by atoms with E-state index in [0.29, 0.717) is 19.4 Å². The van der Waals surface area contributed by atoms with E-state index in [0.717, 1.165) is 0 Å². The SMILES string of the molecule is C=CCC1C[C@@H](C(=O)O)N(C(=O)OC(C)(C)C)C1. The maximum Gasteiger partial charge on any atom is 0.411 e. The van der Waals surface area contributed by atoms with E-state index in [9.17, 15) is 9.59 Å². The minimum Gasteiger partial charge on any atom is -0.480 e. The molecule has 0 aromatic carbocycles. The fourth-order valence-corrected chi connectivity index (χ4v) is 2.09. The zero-order valence-electron chi connectivity index (χ0n) is 11.2. The molecule has 1 aliphatic heterocycles. The van der Waals surface area contributed by atoms with Gasteiger partial charge in [0.1, 0.15) is 11.6 Å². The molecule has 1 aliphatic rings. The molecule has 2 atom stereocenters. The highest BCUT2D eigenvalue weighted by molar-refractivity contribution is 5.81. The number of carboxylic acids is 1. The molecule has 5 nitrogen and oxygen atoms in total. The number of hydrogen-bond acceptors (Lipinski definition) is 3. The Labute approximate surface area is 107 Å². The molecule has 0 spiro atoms. The molecule has 0 aromatic rings. The normalized spacial score (nSPS) is 23.8. The second-order valence-electron chi connectivity index (χ2n) is 5.61. The summed E-state index contributed by atoms with van der Waals surface area (Å²) in [5.74, 6) is -0.830. The summed E-state index contributed by atoms with van der Waals surface area (Å²) in [4.78, 5) is 24.4. The first-order chi connectivity index (χ1) is 8.24. The van der Waals surface area contributed by atoms with Crippen LogP contribution in [-0.4, -0.2) is 40.3 Å². The molecule has 0 aromatic heterocycles. The molecule has 1 amide bonds. The number of ether oxygens (including phenoxy) is 1. The van der Waals surface area contributed by atoms with Crippen molar-refractivity contribution in [3.05, 3.63) is 12.7 Å². The van der Waals surface area contributed by atoms with Crippen LogP contribution in [-0.2, 0) is 9.53 Å². The predicted octanol–water partition coefficient (Wildman–Crippen LogP) is 2.27. The van der Waals surface area contributed by atoms with Crippen LogP contribution in [0.5, 0.6) is 0 Å². The van der Waals surface area contributed by atoms with Gasteiger partial charge in [-0.3, -0.25) is 4.90 Å². The average Bonchev–Trinajstić information content (AvgIpc) is 2.59. The van der Waals surface area contributed by atoms with Crippen LogP contribution in [0, 0.1) is 5.92 Å². The number of carboxylic acid groups (broad SMARTS) is 1. The van der Waals surface area contributed by atoms with E-state index in [1.165, 1.54) is 4.90 Å². The summed E-state index contributed by atoms with van der Waals surface area (Å²) in [6.07, 6.45) is 2.37. The highest BCUT2D eigenvalue weighted by Crippen LogP contribution is 2.27. The molecule has 1 saturated heterocycles. The Balaban J connectivity index is 2.75. The zero-order chi connectivity index (χ0) is 13.9. The van der Waals surface area contributed by atoms with Crippen molar-refractivity contribution >= 4 is 12.1 Å². The summed E-state index contributed by atoms with van der Waals surface area (Å²) in [5.41, 5.74) is -0.614. The smallest absolute Gasteiger partial charge is 0.411 e. The third-order valence-corrected chi connectivity index (χ3v) is 2.80. The van der Waals surface area contributed by atoms with Crippen molar-refractivity contribution in [3.8, 4) is 0 Å². The van der Waals surface area contributed by atoms with Gasteiger partial charge in [0.25, 0.3) is 0 Å². The molecule has 102 valence electrons. The van der Waals surface area contributed by atoms with Crippen molar-refractivity contribution in [2.75, 3.05) is 6.54 Å². The number of carbonyl (C=O) groups is 2. The van der Waals surface area contributed by atoms with Crippen LogP contribution < -0.4 is 0 Å². The van der Waals surface area contributed by atoms with E-state index in [-0.39, 0.29) is 5.92 Å². The number of likely N-dealkylation sites (tertiary alicyclic amines) is 1. The Hall–Kier alpha value is -1.52. The molecule has 0 radical (unpaired) electrons. The minimum absolute atomic E-state index is 0.149. The highest BCUT2D eigenvalue weighted by atomic mass is 16.6. The third-order valence-electron chi connectivity index (χ3n) is 2.80. The van der Waals surface area contributed by atoms with Gasteiger partial charge < -0.3 is 9.84 Å². The summed E-state index contributed by atoms with van der Waals surface area (Å²) < 4.78 is 5.23. The Morgan fingerprint density at radius 3 is 2.56 bits per heavy atom. The van der Waals surface area contributed by atoms with Gasteiger partial charge in [0, 0.05) is 6.54 Å². The predicted molar refractivity (Wildman–Crippen MR) is 67.3 cm³/mol. The van der Waals surface area contributed by atoms with Gasteiger partial charge in [-0.25, -0.2) is 9.59 Å². The largest absolute Gasteiger partial charge is 0.480 e. The highest BCUT2D eigenvalue weighted by Gasteiger charge is 2.40. The number of aliphatic carboxylic acids is 1. The van der Waals surface area contributed by atoms with Crippen molar-refractivity contribution < 1.29 is 19.4 Å². The van der Waals surface area contributed by atoms with Crippen LogP contribution in [0.4, 0.5) is 4.79 Å². The maximum atomic E-state index is 11.9. The van der Waals surface area contributed by atoms with Crippen molar-refractivity contribution in [1.29, 1.82) is 0 Å². The van der Waals surface area contributed by atoms with E-state index in [1.807, 2.05) is 0 Å². The van der Waals surface area contributed by atoms with Crippen molar-refractivity contribution in [1.82, 2.24) is 4.90 Å². The van der Waals surface area contributed by atoms with Gasteiger partial charge in [-0.2, -0.15) is 0 Å².